The highest BCUT2D eigenvalue weighted by Gasteiger charge is 2.27. The summed E-state index contributed by atoms with van der Waals surface area (Å²) >= 11 is 6.45. The molecule has 2 heterocycles. The number of fused-ring (bicyclic) bond motifs is 1. The highest BCUT2D eigenvalue weighted by molar-refractivity contribution is 6.31. The second-order valence-electron chi connectivity index (χ2n) is 6.86. The van der Waals surface area contributed by atoms with Gasteiger partial charge in [0.25, 0.3) is 0 Å². The molecule has 1 aliphatic heterocycles. The van der Waals surface area contributed by atoms with Gasteiger partial charge in [-0.15, -0.1) is 0 Å². The molecule has 4 rings (SSSR count). The Morgan fingerprint density at radius 1 is 1.00 bits per heavy atom. The molecule has 3 heteroatoms. The first-order valence-corrected chi connectivity index (χ1v) is 9.29. The van der Waals surface area contributed by atoms with Gasteiger partial charge in [-0.1, -0.05) is 59.6 Å². The highest BCUT2D eigenvalue weighted by Crippen LogP contribution is 2.34. The van der Waals surface area contributed by atoms with Crippen molar-refractivity contribution in [2.45, 2.75) is 32.5 Å². The Hall–Kier alpha value is -2.03. The first-order chi connectivity index (χ1) is 12.2. The SMILES string of the molecule is Cc1cccc(C2c3cccn3CCCN2Cc2ccccc2Cl)c1. The fourth-order valence-electron chi connectivity index (χ4n) is 3.88. The van der Waals surface area contributed by atoms with E-state index in [-0.39, 0.29) is 6.04 Å². The van der Waals surface area contributed by atoms with Crippen LogP contribution in [0.3, 0.4) is 0 Å². The van der Waals surface area contributed by atoms with Crippen molar-refractivity contribution in [2.75, 3.05) is 6.54 Å². The third-order valence-electron chi connectivity index (χ3n) is 5.04. The van der Waals surface area contributed by atoms with Crippen molar-refractivity contribution in [2.24, 2.45) is 0 Å². The fraction of sp³-hybridized carbons (Fsp3) is 0.273. The number of hydrogen-bond acceptors (Lipinski definition) is 1. The Labute approximate surface area is 154 Å². The van der Waals surface area contributed by atoms with Crippen LogP contribution < -0.4 is 0 Å². The molecule has 0 N–H and O–H groups in total. The van der Waals surface area contributed by atoms with Crippen molar-refractivity contribution in [1.29, 1.82) is 0 Å². The van der Waals surface area contributed by atoms with Crippen LogP contribution in [0.25, 0.3) is 0 Å². The molecule has 1 unspecified atom stereocenters. The lowest BCUT2D eigenvalue weighted by molar-refractivity contribution is 0.220. The lowest BCUT2D eigenvalue weighted by Gasteiger charge is -2.31. The first kappa shape index (κ1) is 16.4. The summed E-state index contributed by atoms with van der Waals surface area (Å²) in [5, 5.41) is 0.852. The van der Waals surface area contributed by atoms with Gasteiger partial charge in [0.15, 0.2) is 0 Å². The fourth-order valence-corrected chi connectivity index (χ4v) is 4.07. The van der Waals surface area contributed by atoms with Gasteiger partial charge in [0.05, 0.1) is 6.04 Å². The Kier molecular flexibility index (Phi) is 4.65. The van der Waals surface area contributed by atoms with E-state index >= 15 is 0 Å². The standard InChI is InChI=1S/C22H23ClN2/c1-17-7-4-9-18(15-17)22-21-11-5-12-24(21)13-6-14-25(22)16-19-8-2-3-10-20(19)23/h2-5,7-12,15,22H,6,13-14,16H2,1H3. The zero-order valence-electron chi connectivity index (χ0n) is 14.5. The normalized spacial score (nSPS) is 17.9. The van der Waals surface area contributed by atoms with Crippen molar-refractivity contribution < 1.29 is 0 Å². The molecule has 0 fully saturated rings. The Balaban J connectivity index is 1.77. The number of rotatable bonds is 3. The van der Waals surface area contributed by atoms with Gasteiger partial charge in [0.2, 0.25) is 0 Å². The van der Waals surface area contributed by atoms with Gasteiger partial charge in [-0.2, -0.15) is 0 Å². The number of aryl methyl sites for hydroxylation is 2. The van der Waals surface area contributed by atoms with Crippen LogP contribution in [-0.4, -0.2) is 16.0 Å². The smallest absolute Gasteiger partial charge is 0.0759 e. The van der Waals surface area contributed by atoms with E-state index in [2.05, 4.69) is 71.1 Å². The number of nitrogens with zero attached hydrogens (tertiary/aromatic N) is 2. The van der Waals surface area contributed by atoms with E-state index in [4.69, 9.17) is 11.6 Å². The molecular weight excluding hydrogens is 328 g/mol. The Morgan fingerprint density at radius 2 is 1.88 bits per heavy atom. The summed E-state index contributed by atoms with van der Waals surface area (Å²) in [6, 6.07) is 21.8. The molecule has 128 valence electrons. The van der Waals surface area contributed by atoms with Crippen LogP contribution >= 0.6 is 11.6 Å². The Bertz CT molecular complexity index is 868. The summed E-state index contributed by atoms with van der Waals surface area (Å²) in [6.45, 7) is 5.16. The third-order valence-corrected chi connectivity index (χ3v) is 5.41. The number of halogens is 1. The highest BCUT2D eigenvalue weighted by atomic mass is 35.5. The van der Waals surface area contributed by atoms with E-state index in [0.29, 0.717) is 0 Å². The molecule has 3 aromatic rings. The van der Waals surface area contributed by atoms with Crippen LogP contribution in [0.15, 0.2) is 66.9 Å². The molecule has 25 heavy (non-hydrogen) atoms. The van der Waals surface area contributed by atoms with Gasteiger partial charge in [-0.05, 0) is 42.7 Å². The largest absolute Gasteiger partial charge is 0.350 e. The molecule has 1 aliphatic rings. The van der Waals surface area contributed by atoms with Crippen molar-refractivity contribution >= 4 is 11.6 Å². The van der Waals surface area contributed by atoms with Crippen molar-refractivity contribution in [3.05, 3.63) is 94.3 Å². The Morgan fingerprint density at radius 3 is 2.72 bits per heavy atom. The predicted octanol–water partition coefficient (Wildman–Crippen LogP) is 5.45. The molecule has 0 saturated heterocycles. The van der Waals surface area contributed by atoms with Crippen molar-refractivity contribution in [3.8, 4) is 0 Å². The molecule has 2 nitrogen and oxygen atoms in total. The monoisotopic (exact) mass is 350 g/mol. The number of hydrogen-bond donors (Lipinski definition) is 0. The first-order valence-electron chi connectivity index (χ1n) is 8.91. The average molecular weight is 351 g/mol. The maximum Gasteiger partial charge on any atom is 0.0759 e. The van der Waals surface area contributed by atoms with Gasteiger partial charge in [0.1, 0.15) is 0 Å². The van der Waals surface area contributed by atoms with Gasteiger partial charge in [-0.3, -0.25) is 4.90 Å². The lowest BCUT2D eigenvalue weighted by atomic mass is 9.99. The topological polar surface area (TPSA) is 8.17 Å². The average Bonchev–Trinajstić information content (AvgIpc) is 2.98. The van der Waals surface area contributed by atoms with Crippen LogP contribution in [0.4, 0.5) is 0 Å². The van der Waals surface area contributed by atoms with Crippen molar-refractivity contribution in [1.82, 2.24) is 9.47 Å². The molecule has 0 radical (unpaired) electrons. The maximum absolute atomic E-state index is 6.45. The van der Waals surface area contributed by atoms with Crippen LogP contribution in [0.1, 0.15) is 34.8 Å². The molecule has 0 bridgehead atoms. The van der Waals surface area contributed by atoms with Crippen LogP contribution in [0.2, 0.25) is 5.02 Å². The molecule has 0 saturated carbocycles. The summed E-state index contributed by atoms with van der Waals surface area (Å²) in [6.07, 6.45) is 3.35. The van der Waals surface area contributed by atoms with E-state index in [1.807, 2.05) is 12.1 Å². The molecule has 0 aliphatic carbocycles. The summed E-state index contributed by atoms with van der Waals surface area (Å²) < 4.78 is 2.40. The summed E-state index contributed by atoms with van der Waals surface area (Å²) in [5.41, 5.74) is 5.23. The van der Waals surface area contributed by atoms with Gasteiger partial charge < -0.3 is 4.57 Å². The molecule has 1 atom stereocenters. The van der Waals surface area contributed by atoms with E-state index in [0.717, 1.165) is 31.1 Å². The quantitative estimate of drug-likeness (QED) is 0.610. The van der Waals surface area contributed by atoms with E-state index in [9.17, 15) is 0 Å². The number of aromatic nitrogens is 1. The zero-order chi connectivity index (χ0) is 17.2. The van der Waals surface area contributed by atoms with Crippen LogP contribution in [0, 0.1) is 6.92 Å². The summed E-state index contributed by atoms with van der Waals surface area (Å²) in [7, 11) is 0. The second-order valence-corrected chi connectivity index (χ2v) is 7.27. The zero-order valence-corrected chi connectivity index (χ0v) is 15.3. The number of benzene rings is 2. The maximum atomic E-state index is 6.45. The summed E-state index contributed by atoms with van der Waals surface area (Å²) in [5.74, 6) is 0. The predicted molar refractivity (Wildman–Crippen MR) is 104 cm³/mol. The lowest BCUT2D eigenvalue weighted by Crippen LogP contribution is -2.29. The van der Waals surface area contributed by atoms with Gasteiger partial charge >= 0.3 is 0 Å². The minimum atomic E-state index is 0.258. The van der Waals surface area contributed by atoms with E-state index < -0.39 is 0 Å². The van der Waals surface area contributed by atoms with Crippen molar-refractivity contribution in [3.63, 3.8) is 0 Å². The molecule has 0 spiro atoms. The van der Waals surface area contributed by atoms with Crippen LogP contribution in [-0.2, 0) is 13.1 Å². The second kappa shape index (κ2) is 7.07. The minimum Gasteiger partial charge on any atom is -0.350 e. The van der Waals surface area contributed by atoms with E-state index in [1.165, 1.54) is 22.4 Å². The summed E-state index contributed by atoms with van der Waals surface area (Å²) in [4.78, 5) is 2.56. The van der Waals surface area contributed by atoms with Gasteiger partial charge in [-0.25, -0.2) is 0 Å². The molecule has 2 aromatic carbocycles. The van der Waals surface area contributed by atoms with Gasteiger partial charge in [0, 0.05) is 36.5 Å². The third kappa shape index (κ3) is 3.37. The molecule has 0 amide bonds. The molecular formula is C22H23ClN2. The van der Waals surface area contributed by atoms with E-state index in [1.54, 1.807) is 0 Å². The molecule has 1 aromatic heterocycles. The van der Waals surface area contributed by atoms with Crippen LogP contribution in [0.5, 0.6) is 0 Å². The minimum absolute atomic E-state index is 0.258.